The first kappa shape index (κ1) is 14.4. The van der Waals surface area contributed by atoms with Gasteiger partial charge < -0.3 is 0 Å². The minimum atomic E-state index is 0.565. The molecule has 7 heteroatoms. The molecule has 106 valence electrons. The van der Waals surface area contributed by atoms with Gasteiger partial charge in [0.25, 0.3) is 0 Å². The Balaban J connectivity index is 1.66. The Bertz CT molecular complexity index is 729. The average molecular weight is 337 g/mol. The summed E-state index contributed by atoms with van der Waals surface area (Å²) in [5, 5.41) is 10.3. The number of hydrogen-bond acceptors (Lipinski definition) is 4. The highest BCUT2D eigenvalue weighted by Crippen LogP contribution is 2.26. The normalized spacial score (nSPS) is 10.8. The van der Waals surface area contributed by atoms with Gasteiger partial charge in [-0.25, -0.2) is 4.98 Å². The van der Waals surface area contributed by atoms with E-state index in [0.717, 1.165) is 22.2 Å². The van der Waals surface area contributed by atoms with E-state index in [0.29, 0.717) is 10.0 Å². The second-order valence-electron chi connectivity index (χ2n) is 4.24. The van der Waals surface area contributed by atoms with Crippen LogP contribution < -0.4 is 0 Å². The van der Waals surface area contributed by atoms with Crippen LogP contribution in [0.4, 0.5) is 0 Å². The van der Waals surface area contributed by atoms with Crippen molar-refractivity contribution >= 4 is 35.0 Å². The highest BCUT2D eigenvalue weighted by atomic mass is 35.5. The second-order valence-corrected chi connectivity index (χ2v) is 6.05. The minimum Gasteiger partial charge on any atom is -0.289 e. The molecule has 0 N–H and O–H groups in total. The highest BCUT2D eigenvalue weighted by Gasteiger charge is 2.03. The summed E-state index contributed by atoms with van der Waals surface area (Å²) in [5.41, 5.74) is 1.09. The van der Waals surface area contributed by atoms with Gasteiger partial charge in [0.05, 0.1) is 10.0 Å². The first-order chi connectivity index (χ1) is 10.2. The molecule has 0 atom stereocenters. The number of thioether (sulfide) groups is 1. The monoisotopic (exact) mass is 336 g/mol. The predicted molar refractivity (Wildman–Crippen MR) is 85.2 cm³/mol. The van der Waals surface area contributed by atoms with Crippen molar-refractivity contribution in [3.8, 4) is 5.82 Å². The molecule has 0 fully saturated rings. The number of imidazole rings is 1. The van der Waals surface area contributed by atoms with Crippen LogP contribution in [0.5, 0.6) is 0 Å². The van der Waals surface area contributed by atoms with E-state index in [-0.39, 0.29) is 0 Å². The van der Waals surface area contributed by atoms with Gasteiger partial charge >= 0.3 is 0 Å². The van der Waals surface area contributed by atoms with Crippen molar-refractivity contribution in [2.45, 2.75) is 10.8 Å². The molecule has 4 nitrogen and oxygen atoms in total. The van der Waals surface area contributed by atoms with E-state index in [1.165, 1.54) is 0 Å². The third-order valence-electron chi connectivity index (χ3n) is 2.77. The third-order valence-corrected chi connectivity index (χ3v) is 4.50. The van der Waals surface area contributed by atoms with Gasteiger partial charge in [0.1, 0.15) is 11.4 Å². The fourth-order valence-corrected chi connectivity index (χ4v) is 2.79. The van der Waals surface area contributed by atoms with E-state index in [2.05, 4.69) is 15.2 Å². The van der Waals surface area contributed by atoms with Crippen LogP contribution >= 0.6 is 35.0 Å². The number of aromatic nitrogens is 4. The molecule has 0 bridgehead atoms. The molecule has 3 rings (SSSR count). The molecule has 0 radical (unpaired) electrons. The summed E-state index contributed by atoms with van der Waals surface area (Å²) in [7, 11) is 0. The molecule has 2 heterocycles. The summed E-state index contributed by atoms with van der Waals surface area (Å²) in [6, 6.07) is 9.46. The van der Waals surface area contributed by atoms with E-state index < -0.39 is 0 Å². The molecular formula is C14H10Cl2N4S. The molecule has 0 aliphatic heterocycles. The van der Waals surface area contributed by atoms with Crippen LogP contribution in [0.1, 0.15) is 5.56 Å². The summed E-state index contributed by atoms with van der Waals surface area (Å²) >= 11 is 13.5. The molecule has 2 aromatic heterocycles. The lowest BCUT2D eigenvalue weighted by Gasteiger charge is -2.04. The van der Waals surface area contributed by atoms with E-state index in [4.69, 9.17) is 23.2 Å². The SMILES string of the molecule is Clc1ccc(CSc2ccc(-n3ccnc3)nn2)cc1Cl. The number of nitrogens with zero attached hydrogens (tertiary/aromatic N) is 4. The van der Waals surface area contributed by atoms with Gasteiger partial charge in [-0.1, -0.05) is 41.0 Å². The van der Waals surface area contributed by atoms with Gasteiger partial charge in [-0.3, -0.25) is 4.57 Å². The molecule has 0 unspecified atom stereocenters. The molecule has 0 spiro atoms. The maximum Gasteiger partial charge on any atom is 0.160 e. The van der Waals surface area contributed by atoms with Crippen LogP contribution in [0.15, 0.2) is 54.1 Å². The Kier molecular flexibility index (Phi) is 4.43. The van der Waals surface area contributed by atoms with Crippen LogP contribution in [0.3, 0.4) is 0 Å². The molecule has 0 aliphatic rings. The molecule has 0 saturated heterocycles. The van der Waals surface area contributed by atoms with E-state index in [9.17, 15) is 0 Å². The number of hydrogen-bond donors (Lipinski definition) is 0. The van der Waals surface area contributed by atoms with Crippen molar-refractivity contribution in [2.75, 3.05) is 0 Å². The van der Waals surface area contributed by atoms with Crippen LogP contribution in [0, 0.1) is 0 Å². The predicted octanol–water partition coefficient (Wildman–Crippen LogP) is 4.26. The molecule has 21 heavy (non-hydrogen) atoms. The quantitative estimate of drug-likeness (QED) is 0.667. The fraction of sp³-hybridized carbons (Fsp3) is 0.0714. The Morgan fingerprint density at radius 2 is 1.95 bits per heavy atom. The molecule has 0 aliphatic carbocycles. The van der Waals surface area contributed by atoms with Crippen molar-refractivity contribution in [2.24, 2.45) is 0 Å². The first-order valence-corrected chi connectivity index (χ1v) is 7.85. The molecular weight excluding hydrogens is 327 g/mol. The van der Waals surface area contributed by atoms with Crippen LogP contribution in [-0.4, -0.2) is 19.7 Å². The summed E-state index contributed by atoms with van der Waals surface area (Å²) < 4.78 is 1.81. The van der Waals surface area contributed by atoms with Crippen molar-refractivity contribution in [3.63, 3.8) is 0 Å². The zero-order valence-corrected chi connectivity index (χ0v) is 13.1. The number of benzene rings is 1. The molecule has 0 amide bonds. The smallest absolute Gasteiger partial charge is 0.160 e. The van der Waals surface area contributed by atoms with Gasteiger partial charge in [-0.05, 0) is 29.8 Å². The lowest BCUT2D eigenvalue weighted by molar-refractivity contribution is 0.861. The van der Waals surface area contributed by atoms with Crippen molar-refractivity contribution < 1.29 is 0 Å². The fourth-order valence-electron chi connectivity index (χ4n) is 1.71. The lowest BCUT2D eigenvalue weighted by Crippen LogP contribution is -1.96. The summed E-state index contributed by atoms with van der Waals surface area (Å²) in [4.78, 5) is 3.98. The Morgan fingerprint density at radius 1 is 1.05 bits per heavy atom. The first-order valence-electron chi connectivity index (χ1n) is 6.11. The Hall–Kier alpha value is -1.56. The van der Waals surface area contributed by atoms with Gasteiger partial charge in [-0.2, -0.15) is 0 Å². The average Bonchev–Trinajstić information content (AvgIpc) is 3.03. The number of rotatable bonds is 4. The third kappa shape index (κ3) is 3.56. The maximum absolute atomic E-state index is 6.00. The van der Waals surface area contributed by atoms with Crippen molar-refractivity contribution in [1.82, 2.24) is 19.7 Å². The van der Waals surface area contributed by atoms with Gasteiger partial charge in [-0.15, -0.1) is 10.2 Å². The van der Waals surface area contributed by atoms with E-state index >= 15 is 0 Å². The van der Waals surface area contributed by atoms with Crippen molar-refractivity contribution in [1.29, 1.82) is 0 Å². The van der Waals surface area contributed by atoms with E-state index in [1.54, 1.807) is 34.9 Å². The second kappa shape index (κ2) is 6.47. The standard InChI is InChI=1S/C14H10Cl2N4S/c15-11-2-1-10(7-12(11)16)8-21-14-4-3-13(18-19-14)20-6-5-17-9-20/h1-7,9H,8H2. The summed E-state index contributed by atoms with van der Waals surface area (Å²) in [6.45, 7) is 0. The van der Waals surface area contributed by atoms with Crippen LogP contribution in [-0.2, 0) is 5.75 Å². The molecule has 3 aromatic rings. The largest absolute Gasteiger partial charge is 0.289 e. The Labute approximate surface area is 136 Å². The van der Waals surface area contributed by atoms with Crippen LogP contribution in [0.2, 0.25) is 10.0 Å². The van der Waals surface area contributed by atoms with Gasteiger partial charge in [0.15, 0.2) is 5.82 Å². The summed E-state index contributed by atoms with van der Waals surface area (Å²) in [5.74, 6) is 1.50. The summed E-state index contributed by atoms with van der Waals surface area (Å²) in [6.07, 6.45) is 5.22. The molecule has 0 saturated carbocycles. The maximum atomic E-state index is 6.00. The number of halogens is 2. The highest BCUT2D eigenvalue weighted by molar-refractivity contribution is 7.98. The molecule has 1 aromatic carbocycles. The zero-order valence-electron chi connectivity index (χ0n) is 10.8. The van der Waals surface area contributed by atoms with Gasteiger partial charge in [0, 0.05) is 18.1 Å². The lowest BCUT2D eigenvalue weighted by atomic mass is 10.2. The zero-order chi connectivity index (χ0) is 14.7. The topological polar surface area (TPSA) is 43.6 Å². The van der Waals surface area contributed by atoms with Gasteiger partial charge in [0.2, 0.25) is 0 Å². The van der Waals surface area contributed by atoms with Crippen molar-refractivity contribution in [3.05, 3.63) is 64.7 Å². The van der Waals surface area contributed by atoms with E-state index in [1.807, 2.05) is 30.5 Å². The minimum absolute atomic E-state index is 0.565. The van der Waals surface area contributed by atoms with Crippen LogP contribution in [0.25, 0.3) is 5.82 Å². The Morgan fingerprint density at radius 3 is 2.62 bits per heavy atom.